The fraction of sp³-hybridized carbons (Fsp3) is 0.316. The van der Waals surface area contributed by atoms with Crippen LogP contribution in [0, 0.1) is 6.92 Å². The van der Waals surface area contributed by atoms with Crippen LogP contribution in [0.25, 0.3) is 0 Å². The number of rotatable bonds is 4. The molecule has 3 rings (SSSR count). The third-order valence-corrected chi connectivity index (χ3v) is 4.29. The Kier molecular flexibility index (Phi) is 5.80. The average Bonchev–Trinajstić information content (AvgIpc) is 3.01. The highest BCUT2D eigenvalue weighted by atomic mass is 35.5. The molecule has 1 unspecified atom stereocenters. The summed E-state index contributed by atoms with van der Waals surface area (Å²) in [6.45, 7) is 5.92. The molecule has 0 saturated carbocycles. The minimum absolute atomic E-state index is 0. The molecule has 0 fully saturated rings. The van der Waals surface area contributed by atoms with Crippen LogP contribution in [0.15, 0.2) is 42.5 Å². The molecule has 4 heteroatoms. The Morgan fingerprint density at radius 2 is 1.83 bits per heavy atom. The number of fused-ring (bicyclic) bond motifs is 1. The summed E-state index contributed by atoms with van der Waals surface area (Å²) in [5, 5.41) is 6.46. The maximum absolute atomic E-state index is 12.5. The molecule has 0 aromatic heterocycles. The average molecular weight is 331 g/mol. The van der Waals surface area contributed by atoms with Crippen LogP contribution in [0.3, 0.4) is 0 Å². The Hall–Kier alpha value is -1.84. The third kappa shape index (κ3) is 3.92. The normalized spacial score (nSPS) is 13.8. The molecule has 1 aliphatic heterocycles. The van der Waals surface area contributed by atoms with Gasteiger partial charge in [-0.25, -0.2) is 0 Å². The molecule has 0 aliphatic carbocycles. The van der Waals surface area contributed by atoms with Crippen LogP contribution in [0.5, 0.6) is 0 Å². The third-order valence-electron chi connectivity index (χ3n) is 4.29. The molecule has 2 N–H and O–H groups in total. The molecular formula is C19H23ClN2O. The van der Waals surface area contributed by atoms with Gasteiger partial charge in [-0.2, -0.15) is 0 Å². The van der Waals surface area contributed by atoms with Gasteiger partial charge in [0.25, 0.3) is 5.91 Å². The van der Waals surface area contributed by atoms with Crippen molar-refractivity contribution in [1.29, 1.82) is 0 Å². The SMILES string of the molecule is CCC(NC(=O)c1ccc2c(c1)CNC2)c1ccc(C)cc1.Cl. The minimum atomic E-state index is 0. The van der Waals surface area contributed by atoms with Crippen LogP contribution >= 0.6 is 12.4 Å². The molecule has 3 nitrogen and oxygen atoms in total. The van der Waals surface area contributed by atoms with Gasteiger partial charge in [0.05, 0.1) is 6.04 Å². The number of benzene rings is 2. The van der Waals surface area contributed by atoms with Gasteiger partial charge < -0.3 is 10.6 Å². The lowest BCUT2D eigenvalue weighted by Crippen LogP contribution is -2.28. The molecule has 1 amide bonds. The van der Waals surface area contributed by atoms with E-state index in [0.29, 0.717) is 0 Å². The van der Waals surface area contributed by atoms with Crippen molar-refractivity contribution in [2.24, 2.45) is 0 Å². The lowest BCUT2D eigenvalue weighted by Gasteiger charge is -2.18. The van der Waals surface area contributed by atoms with E-state index >= 15 is 0 Å². The first-order valence-corrected chi connectivity index (χ1v) is 7.87. The predicted octanol–water partition coefficient (Wildman–Crippen LogP) is 3.90. The number of halogens is 1. The molecule has 2 aromatic carbocycles. The quantitative estimate of drug-likeness (QED) is 0.892. The Bertz CT molecular complexity index is 682. The van der Waals surface area contributed by atoms with Crippen molar-refractivity contribution in [2.45, 2.75) is 39.4 Å². The van der Waals surface area contributed by atoms with Gasteiger partial charge in [-0.3, -0.25) is 4.79 Å². The molecule has 23 heavy (non-hydrogen) atoms. The van der Waals surface area contributed by atoms with Crippen LogP contribution in [0.4, 0.5) is 0 Å². The fourth-order valence-electron chi connectivity index (χ4n) is 2.90. The van der Waals surface area contributed by atoms with Crippen molar-refractivity contribution in [2.75, 3.05) is 0 Å². The van der Waals surface area contributed by atoms with Crippen LogP contribution < -0.4 is 10.6 Å². The molecule has 2 aromatic rings. The second kappa shape index (κ2) is 7.62. The van der Waals surface area contributed by atoms with E-state index in [1.807, 2.05) is 12.1 Å². The molecule has 122 valence electrons. The number of nitrogens with one attached hydrogen (secondary N) is 2. The summed E-state index contributed by atoms with van der Waals surface area (Å²) in [6, 6.07) is 14.4. The zero-order valence-electron chi connectivity index (χ0n) is 13.6. The number of aryl methyl sites for hydroxylation is 1. The van der Waals surface area contributed by atoms with Crippen molar-refractivity contribution >= 4 is 18.3 Å². The van der Waals surface area contributed by atoms with E-state index in [1.165, 1.54) is 16.7 Å². The second-order valence-corrected chi connectivity index (χ2v) is 5.93. The molecule has 0 bridgehead atoms. The molecule has 0 spiro atoms. The van der Waals surface area contributed by atoms with Gasteiger partial charge in [-0.05, 0) is 42.2 Å². The van der Waals surface area contributed by atoms with E-state index in [4.69, 9.17) is 0 Å². The van der Waals surface area contributed by atoms with Crippen LogP contribution in [-0.2, 0) is 13.1 Å². The van der Waals surface area contributed by atoms with Crippen molar-refractivity contribution in [1.82, 2.24) is 10.6 Å². The molecule has 1 heterocycles. The zero-order chi connectivity index (χ0) is 15.5. The number of amides is 1. The summed E-state index contributed by atoms with van der Waals surface area (Å²) in [5.74, 6) is 0.00197. The van der Waals surface area contributed by atoms with Gasteiger partial charge in [0.15, 0.2) is 0 Å². The molecule has 1 aliphatic rings. The van der Waals surface area contributed by atoms with Crippen molar-refractivity contribution < 1.29 is 4.79 Å². The highest BCUT2D eigenvalue weighted by molar-refractivity contribution is 5.94. The summed E-state index contributed by atoms with van der Waals surface area (Å²) in [6.07, 6.45) is 0.876. The predicted molar refractivity (Wildman–Crippen MR) is 95.9 cm³/mol. The van der Waals surface area contributed by atoms with Crippen molar-refractivity contribution in [3.63, 3.8) is 0 Å². The van der Waals surface area contributed by atoms with Gasteiger partial charge in [-0.15, -0.1) is 12.4 Å². The zero-order valence-corrected chi connectivity index (χ0v) is 14.4. The number of hydrogen-bond donors (Lipinski definition) is 2. The largest absolute Gasteiger partial charge is 0.345 e. The second-order valence-electron chi connectivity index (χ2n) is 5.93. The summed E-state index contributed by atoms with van der Waals surface area (Å²) >= 11 is 0. The van der Waals surface area contributed by atoms with Gasteiger partial charge in [0.2, 0.25) is 0 Å². The fourth-order valence-corrected chi connectivity index (χ4v) is 2.90. The number of carbonyl (C=O) groups excluding carboxylic acids is 1. The van der Waals surface area contributed by atoms with Gasteiger partial charge in [0, 0.05) is 18.7 Å². The van der Waals surface area contributed by atoms with E-state index in [1.54, 1.807) is 0 Å². The molecule has 1 atom stereocenters. The first kappa shape index (κ1) is 17.5. The number of hydrogen-bond acceptors (Lipinski definition) is 2. The summed E-state index contributed by atoms with van der Waals surface area (Å²) < 4.78 is 0. The van der Waals surface area contributed by atoms with E-state index in [2.05, 4.69) is 54.8 Å². The molecular weight excluding hydrogens is 308 g/mol. The standard InChI is InChI=1S/C19H22N2O.ClH/c1-3-18(14-6-4-13(2)5-7-14)21-19(22)15-8-9-16-11-20-12-17(16)10-15;/h4-10,18,20H,3,11-12H2,1-2H3,(H,21,22);1H. The smallest absolute Gasteiger partial charge is 0.251 e. The minimum Gasteiger partial charge on any atom is -0.345 e. The van der Waals surface area contributed by atoms with E-state index in [0.717, 1.165) is 30.6 Å². The maximum Gasteiger partial charge on any atom is 0.251 e. The van der Waals surface area contributed by atoms with Crippen molar-refractivity contribution in [3.05, 3.63) is 70.3 Å². The van der Waals surface area contributed by atoms with Crippen LogP contribution in [0.1, 0.15) is 52.0 Å². The highest BCUT2D eigenvalue weighted by Crippen LogP contribution is 2.20. The van der Waals surface area contributed by atoms with E-state index in [9.17, 15) is 4.79 Å². The van der Waals surface area contributed by atoms with E-state index in [-0.39, 0.29) is 24.4 Å². The number of carbonyl (C=O) groups is 1. The Labute approximate surface area is 143 Å². The lowest BCUT2D eigenvalue weighted by atomic mass is 10.0. The highest BCUT2D eigenvalue weighted by Gasteiger charge is 2.16. The van der Waals surface area contributed by atoms with Crippen LogP contribution in [-0.4, -0.2) is 5.91 Å². The molecule has 0 saturated heterocycles. The summed E-state index contributed by atoms with van der Waals surface area (Å²) in [7, 11) is 0. The first-order chi connectivity index (χ1) is 10.7. The van der Waals surface area contributed by atoms with E-state index < -0.39 is 0 Å². The van der Waals surface area contributed by atoms with Gasteiger partial charge in [-0.1, -0.05) is 42.8 Å². The Morgan fingerprint density at radius 3 is 2.52 bits per heavy atom. The Balaban J connectivity index is 0.00000192. The maximum atomic E-state index is 12.5. The lowest BCUT2D eigenvalue weighted by molar-refractivity contribution is 0.0935. The molecule has 0 radical (unpaired) electrons. The summed E-state index contributed by atoms with van der Waals surface area (Å²) in [5.41, 5.74) is 5.66. The Morgan fingerprint density at radius 1 is 1.13 bits per heavy atom. The first-order valence-electron chi connectivity index (χ1n) is 7.87. The van der Waals surface area contributed by atoms with Gasteiger partial charge in [0.1, 0.15) is 0 Å². The summed E-state index contributed by atoms with van der Waals surface area (Å²) in [4.78, 5) is 12.5. The van der Waals surface area contributed by atoms with Crippen LogP contribution in [0.2, 0.25) is 0 Å². The monoisotopic (exact) mass is 330 g/mol. The topological polar surface area (TPSA) is 41.1 Å². The van der Waals surface area contributed by atoms with Crippen molar-refractivity contribution in [3.8, 4) is 0 Å². The van der Waals surface area contributed by atoms with Gasteiger partial charge >= 0.3 is 0 Å².